The standard InChI is InChI=1S/C19H24O2/c1-4-15-6-5-7-18(12-15)21-13-19(20)17-10-8-16(9-11-17)14(2)3/h5-12,14,19-20H,4,13H2,1-3H3. The van der Waals surface area contributed by atoms with Crippen molar-refractivity contribution in [3.63, 3.8) is 0 Å². The fourth-order valence-corrected chi connectivity index (χ4v) is 2.23. The fourth-order valence-electron chi connectivity index (χ4n) is 2.23. The third-order valence-corrected chi connectivity index (χ3v) is 3.70. The van der Waals surface area contributed by atoms with Crippen molar-refractivity contribution in [1.29, 1.82) is 0 Å². The first-order valence-electron chi connectivity index (χ1n) is 7.59. The van der Waals surface area contributed by atoms with Gasteiger partial charge >= 0.3 is 0 Å². The molecule has 2 heteroatoms. The van der Waals surface area contributed by atoms with E-state index in [9.17, 15) is 5.11 Å². The van der Waals surface area contributed by atoms with Gasteiger partial charge in [0.25, 0.3) is 0 Å². The van der Waals surface area contributed by atoms with E-state index in [1.807, 2.05) is 30.3 Å². The van der Waals surface area contributed by atoms with Crippen LogP contribution in [0.2, 0.25) is 0 Å². The van der Waals surface area contributed by atoms with Crippen LogP contribution in [0.4, 0.5) is 0 Å². The summed E-state index contributed by atoms with van der Waals surface area (Å²) in [4.78, 5) is 0. The van der Waals surface area contributed by atoms with Crippen molar-refractivity contribution in [3.05, 3.63) is 65.2 Å². The molecule has 0 amide bonds. The normalized spacial score (nSPS) is 12.4. The molecule has 0 saturated heterocycles. The van der Waals surface area contributed by atoms with Crippen LogP contribution < -0.4 is 4.74 Å². The molecule has 0 radical (unpaired) electrons. The monoisotopic (exact) mass is 284 g/mol. The van der Waals surface area contributed by atoms with Gasteiger partial charge in [0.15, 0.2) is 0 Å². The summed E-state index contributed by atoms with van der Waals surface area (Å²) < 4.78 is 5.69. The van der Waals surface area contributed by atoms with Gasteiger partial charge in [0.1, 0.15) is 18.5 Å². The molecule has 0 aliphatic heterocycles. The summed E-state index contributed by atoms with van der Waals surface area (Å²) >= 11 is 0. The molecule has 1 unspecified atom stereocenters. The van der Waals surface area contributed by atoms with Crippen LogP contribution in [-0.4, -0.2) is 11.7 Å². The van der Waals surface area contributed by atoms with Gasteiger partial charge in [-0.15, -0.1) is 0 Å². The molecule has 112 valence electrons. The van der Waals surface area contributed by atoms with Crippen LogP contribution in [0.15, 0.2) is 48.5 Å². The Balaban J connectivity index is 1.96. The van der Waals surface area contributed by atoms with Crippen LogP contribution in [0, 0.1) is 0 Å². The minimum absolute atomic E-state index is 0.272. The van der Waals surface area contributed by atoms with E-state index in [2.05, 4.69) is 39.0 Å². The Labute approximate surface area is 127 Å². The van der Waals surface area contributed by atoms with Crippen molar-refractivity contribution in [2.45, 2.75) is 39.2 Å². The Morgan fingerprint density at radius 2 is 1.67 bits per heavy atom. The first-order chi connectivity index (χ1) is 10.1. The Bertz CT molecular complexity index is 558. The zero-order chi connectivity index (χ0) is 15.2. The van der Waals surface area contributed by atoms with E-state index in [4.69, 9.17) is 4.74 Å². The first kappa shape index (κ1) is 15.6. The van der Waals surface area contributed by atoms with Crippen LogP contribution in [0.3, 0.4) is 0 Å². The van der Waals surface area contributed by atoms with E-state index in [0.717, 1.165) is 17.7 Å². The van der Waals surface area contributed by atoms with Crippen molar-refractivity contribution < 1.29 is 9.84 Å². The van der Waals surface area contributed by atoms with Crippen molar-refractivity contribution in [2.24, 2.45) is 0 Å². The maximum absolute atomic E-state index is 10.2. The van der Waals surface area contributed by atoms with E-state index >= 15 is 0 Å². The summed E-state index contributed by atoms with van der Waals surface area (Å²) in [5.74, 6) is 1.32. The number of aliphatic hydroxyl groups is 1. The third kappa shape index (κ3) is 4.33. The van der Waals surface area contributed by atoms with Crippen molar-refractivity contribution in [3.8, 4) is 5.75 Å². The lowest BCUT2D eigenvalue weighted by Gasteiger charge is -2.14. The minimum Gasteiger partial charge on any atom is -0.491 e. The molecule has 2 aromatic carbocycles. The molecule has 1 N–H and O–H groups in total. The molecule has 1 atom stereocenters. The van der Waals surface area contributed by atoms with Gasteiger partial charge in [-0.3, -0.25) is 0 Å². The van der Waals surface area contributed by atoms with E-state index in [1.54, 1.807) is 0 Å². The van der Waals surface area contributed by atoms with Gasteiger partial charge in [-0.2, -0.15) is 0 Å². The molecule has 0 fully saturated rings. The smallest absolute Gasteiger partial charge is 0.119 e. The van der Waals surface area contributed by atoms with Gasteiger partial charge in [0, 0.05) is 0 Å². The quantitative estimate of drug-likeness (QED) is 0.847. The number of aliphatic hydroxyl groups excluding tert-OH is 1. The topological polar surface area (TPSA) is 29.5 Å². The fraction of sp³-hybridized carbons (Fsp3) is 0.368. The Hall–Kier alpha value is -1.80. The maximum atomic E-state index is 10.2. The van der Waals surface area contributed by atoms with Crippen LogP contribution in [0.25, 0.3) is 0 Å². The SMILES string of the molecule is CCc1cccc(OCC(O)c2ccc(C(C)C)cc2)c1. The van der Waals surface area contributed by atoms with Crippen LogP contribution in [0.5, 0.6) is 5.75 Å². The average molecular weight is 284 g/mol. The Kier molecular flexibility index (Phi) is 5.40. The van der Waals surface area contributed by atoms with Gasteiger partial charge in [-0.1, -0.05) is 57.2 Å². The molecular weight excluding hydrogens is 260 g/mol. The van der Waals surface area contributed by atoms with Crippen LogP contribution >= 0.6 is 0 Å². The molecule has 2 aromatic rings. The largest absolute Gasteiger partial charge is 0.491 e. The lowest BCUT2D eigenvalue weighted by Crippen LogP contribution is -2.09. The number of hydrogen-bond donors (Lipinski definition) is 1. The molecule has 0 saturated carbocycles. The van der Waals surface area contributed by atoms with Crippen LogP contribution in [0.1, 0.15) is 49.5 Å². The van der Waals surface area contributed by atoms with Gasteiger partial charge in [0.05, 0.1) is 0 Å². The third-order valence-electron chi connectivity index (χ3n) is 3.70. The van der Waals surface area contributed by atoms with Crippen molar-refractivity contribution in [1.82, 2.24) is 0 Å². The van der Waals surface area contributed by atoms with Crippen LogP contribution in [-0.2, 0) is 6.42 Å². The van der Waals surface area contributed by atoms with Gasteiger partial charge in [0.2, 0.25) is 0 Å². The molecule has 2 nitrogen and oxygen atoms in total. The average Bonchev–Trinajstić information content (AvgIpc) is 2.53. The highest BCUT2D eigenvalue weighted by Crippen LogP contribution is 2.20. The summed E-state index contributed by atoms with van der Waals surface area (Å²) in [6, 6.07) is 16.1. The minimum atomic E-state index is -0.600. The molecule has 0 aliphatic rings. The second-order valence-corrected chi connectivity index (χ2v) is 5.65. The number of benzene rings is 2. The highest BCUT2D eigenvalue weighted by Gasteiger charge is 2.09. The summed E-state index contributed by atoms with van der Waals surface area (Å²) in [6.07, 6.45) is 0.382. The summed E-state index contributed by atoms with van der Waals surface area (Å²) in [7, 11) is 0. The Morgan fingerprint density at radius 1 is 1.00 bits per heavy atom. The molecule has 21 heavy (non-hydrogen) atoms. The number of hydrogen-bond acceptors (Lipinski definition) is 2. The summed E-state index contributed by atoms with van der Waals surface area (Å²) in [5.41, 5.74) is 3.41. The molecule has 0 aromatic heterocycles. The molecule has 0 bridgehead atoms. The zero-order valence-electron chi connectivity index (χ0n) is 13.0. The summed E-state index contributed by atoms with van der Waals surface area (Å²) in [6.45, 7) is 6.71. The lowest BCUT2D eigenvalue weighted by molar-refractivity contribution is 0.108. The molecule has 2 rings (SSSR count). The lowest BCUT2D eigenvalue weighted by atomic mass is 10.0. The number of ether oxygens (including phenoxy) is 1. The van der Waals surface area contributed by atoms with Crippen molar-refractivity contribution in [2.75, 3.05) is 6.61 Å². The second kappa shape index (κ2) is 7.28. The van der Waals surface area contributed by atoms with Crippen molar-refractivity contribution >= 4 is 0 Å². The molecule has 0 spiro atoms. The van der Waals surface area contributed by atoms with Gasteiger partial charge in [-0.05, 0) is 41.2 Å². The summed E-state index contributed by atoms with van der Waals surface area (Å²) in [5, 5.41) is 10.2. The number of rotatable bonds is 6. The van der Waals surface area contributed by atoms with E-state index in [0.29, 0.717) is 5.92 Å². The highest BCUT2D eigenvalue weighted by molar-refractivity contribution is 5.29. The molecule has 0 aliphatic carbocycles. The molecular formula is C19H24O2. The predicted molar refractivity (Wildman–Crippen MR) is 86.8 cm³/mol. The predicted octanol–water partition coefficient (Wildman–Crippen LogP) is 4.48. The Morgan fingerprint density at radius 3 is 2.29 bits per heavy atom. The second-order valence-electron chi connectivity index (χ2n) is 5.65. The van der Waals surface area contributed by atoms with Gasteiger partial charge < -0.3 is 9.84 Å². The maximum Gasteiger partial charge on any atom is 0.119 e. The van der Waals surface area contributed by atoms with Gasteiger partial charge in [-0.25, -0.2) is 0 Å². The zero-order valence-corrected chi connectivity index (χ0v) is 13.0. The first-order valence-corrected chi connectivity index (χ1v) is 7.59. The number of aryl methyl sites for hydroxylation is 1. The van der Waals surface area contributed by atoms with E-state index in [-0.39, 0.29) is 6.61 Å². The van der Waals surface area contributed by atoms with E-state index < -0.39 is 6.10 Å². The highest BCUT2D eigenvalue weighted by atomic mass is 16.5. The van der Waals surface area contributed by atoms with E-state index in [1.165, 1.54) is 11.1 Å². The molecule has 0 heterocycles.